The molecule has 2 atom stereocenters. The Morgan fingerprint density at radius 3 is 2.56 bits per heavy atom. The molecule has 1 aromatic rings. The normalized spacial score (nSPS) is 20.6. The van der Waals surface area contributed by atoms with E-state index in [1.54, 1.807) is 32.9 Å². The predicted octanol–water partition coefficient (Wildman–Crippen LogP) is 2.49. The van der Waals surface area contributed by atoms with Crippen molar-refractivity contribution in [3.8, 4) is 0 Å². The molecule has 0 bridgehead atoms. The molecule has 2 rings (SSSR count). The molecule has 1 saturated heterocycles. The summed E-state index contributed by atoms with van der Waals surface area (Å²) in [4.78, 5) is 26.6. The molecule has 152 valence electrons. The highest BCUT2D eigenvalue weighted by Crippen LogP contribution is 2.24. The topological polar surface area (TPSA) is 102 Å². The molecule has 0 spiro atoms. The number of halogens is 1. The Balaban J connectivity index is 2.07. The van der Waals surface area contributed by atoms with Crippen LogP contribution in [0.4, 0.5) is 4.79 Å². The molecule has 27 heavy (non-hydrogen) atoms. The number of hydrogen-bond acceptors (Lipinski definition) is 7. The standard InChI is InChI=1S/C16H23ClN2O6S2/c1-16(2,3)25-15(21)19-8-10(7-11(19)9-24-27(4,22)23)18-14(20)12-5-6-13(17)26-12/h5-6,10-11H,7-9H2,1-4H3,(H,18,20)/t10-,11?/m1/s1. The van der Waals surface area contributed by atoms with Crippen LogP contribution < -0.4 is 5.32 Å². The maximum absolute atomic E-state index is 12.5. The van der Waals surface area contributed by atoms with Gasteiger partial charge in [0.25, 0.3) is 16.0 Å². The van der Waals surface area contributed by atoms with Crippen molar-refractivity contribution in [3.05, 3.63) is 21.3 Å². The highest BCUT2D eigenvalue weighted by atomic mass is 35.5. The van der Waals surface area contributed by atoms with Gasteiger partial charge in [0.1, 0.15) is 5.60 Å². The van der Waals surface area contributed by atoms with E-state index in [0.29, 0.717) is 15.6 Å². The quantitative estimate of drug-likeness (QED) is 0.708. The van der Waals surface area contributed by atoms with Crippen LogP contribution in [0.15, 0.2) is 12.1 Å². The maximum atomic E-state index is 12.5. The molecule has 1 fully saturated rings. The molecule has 1 N–H and O–H groups in total. The Kier molecular flexibility index (Phi) is 6.77. The molecular formula is C16H23ClN2O6S2. The average Bonchev–Trinajstić information content (AvgIpc) is 3.09. The Morgan fingerprint density at radius 1 is 1.37 bits per heavy atom. The fourth-order valence-corrected chi connectivity index (χ4v) is 3.97. The van der Waals surface area contributed by atoms with Gasteiger partial charge in [-0.3, -0.25) is 8.98 Å². The van der Waals surface area contributed by atoms with Crippen molar-refractivity contribution in [1.82, 2.24) is 10.2 Å². The van der Waals surface area contributed by atoms with Crippen molar-refractivity contribution in [2.24, 2.45) is 0 Å². The van der Waals surface area contributed by atoms with E-state index in [-0.39, 0.29) is 25.1 Å². The molecule has 1 unspecified atom stereocenters. The van der Waals surface area contributed by atoms with Gasteiger partial charge < -0.3 is 15.0 Å². The number of amides is 2. The maximum Gasteiger partial charge on any atom is 0.410 e. The second kappa shape index (κ2) is 8.34. The summed E-state index contributed by atoms with van der Waals surface area (Å²) >= 11 is 7.00. The first kappa shape index (κ1) is 21.9. The zero-order chi connectivity index (χ0) is 20.4. The van der Waals surface area contributed by atoms with E-state index in [1.807, 2.05) is 0 Å². The molecule has 1 aliphatic rings. The van der Waals surface area contributed by atoms with Crippen LogP contribution in [0.3, 0.4) is 0 Å². The second-order valence-electron chi connectivity index (χ2n) is 7.29. The number of ether oxygens (including phenoxy) is 1. The van der Waals surface area contributed by atoms with Crippen LogP contribution in [0.25, 0.3) is 0 Å². The minimum atomic E-state index is -3.66. The molecule has 1 aromatic heterocycles. The summed E-state index contributed by atoms with van der Waals surface area (Å²) in [5, 5.41) is 2.84. The monoisotopic (exact) mass is 438 g/mol. The lowest BCUT2D eigenvalue weighted by atomic mass is 10.2. The van der Waals surface area contributed by atoms with Crippen LogP contribution in [-0.4, -0.2) is 62.4 Å². The number of hydrogen-bond donors (Lipinski definition) is 1. The second-order valence-corrected chi connectivity index (χ2v) is 10.6. The lowest BCUT2D eigenvalue weighted by Crippen LogP contribution is -2.43. The van der Waals surface area contributed by atoms with Gasteiger partial charge >= 0.3 is 6.09 Å². The first-order valence-corrected chi connectivity index (χ1v) is 11.3. The van der Waals surface area contributed by atoms with E-state index < -0.39 is 27.9 Å². The van der Waals surface area contributed by atoms with Crippen LogP contribution >= 0.6 is 22.9 Å². The van der Waals surface area contributed by atoms with Gasteiger partial charge in [-0.2, -0.15) is 8.42 Å². The number of carbonyl (C=O) groups is 2. The third kappa shape index (κ3) is 6.95. The van der Waals surface area contributed by atoms with Crippen LogP contribution in [0.2, 0.25) is 4.34 Å². The van der Waals surface area contributed by atoms with Crippen LogP contribution in [0.1, 0.15) is 36.9 Å². The minimum absolute atomic E-state index is 0.192. The van der Waals surface area contributed by atoms with Crippen molar-refractivity contribution in [2.75, 3.05) is 19.4 Å². The van der Waals surface area contributed by atoms with Gasteiger partial charge in [-0.15, -0.1) is 11.3 Å². The lowest BCUT2D eigenvalue weighted by Gasteiger charge is -2.28. The Hall–Kier alpha value is -1.36. The molecule has 2 amide bonds. The van der Waals surface area contributed by atoms with Crippen molar-refractivity contribution >= 4 is 45.1 Å². The number of carbonyl (C=O) groups excluding carboxylic acids is 2. The smallest absolute Gasteiger partial charge is 0.410 e. The summed E-state index contributed by atoms with van der Waals surface area (Å²) in [6.07, 6.45) is 0.708. The zero-order valence-electron chi connectivity index (χ0n) is 15.5. The van der Waals surface area contributed by atoms with Crippen LogP contribution in [0.5, 0.6) is 0 Å². The van der Waals surface area contributed by atoms with Crippen LogP contribution in [0, 0.1) is 0 Å². The number of thiophene rings is 1. The first-order valence-electron chi connectivity index (χ1n) is 8.24. The van der Waals surface area contributed by atoms with Gasteiger partial charge in [-0.25, -0.2) is 4.79 Å². The van der Waals surface area contributed by atoms with Gasteiger partial charge in [0.2, 0.25) is 0 Å². The molecule has 11 heteroatoms. The van der Waals surface area contributed by atoms with Crippen molar-refractivity contribution in [2.45, 2.75) is 44.9 Å². The molecule has 2 heterocycles. The van der Waals surface area contributed by atoms with E-state index in [9.17, 15) is 18.0 Å². The Morgan fingerprint density at radius 2 is 2.04 bits per heavy atom. The first-order chi connectivity index (χ1) is 12.3. The fraction of sp³-hybridized carbons (Fsp3) is 0.625. The highest BCUT2D eigenvalue weighted by molar-refractivity contribution is 7.85. The van der Waals surface area contributed by atoms with E-state index in [0.717, 1.165) is 17.6 Å². The van der Waals surface area contributed by atoms with Gasteiger partial charge in [0.05, 0.1) is 28.1 Å². The fourth-order valence-electron chi connectivity index (χ4n) is 2.62. The van der Waals surface area contributed by atoms with Gasteiger partial charge in [0, 0.05) is 12.6 Å². The summed E-state index contributed by atoms with van der Waals surface area (Å²) < 4.78 is 33.3. The van der Waals surface area contributed by atoms with Gasteiger partial charge in [-0.1, -0.05) is 11.6 Å². The van der Waals surface area contributed by atoms with Crippen LogP contribution in [-0.2, 0) is 19.0 Å². The van der Waals surface area contributed by atoms with Crippen molar-refractivity contribution in [1.29, 1.82) is 0 Å². The summed E-state index contributed by atoms with van der Waals surface area (Å²) in [6, 6.07) is 2.35. The number of nitrogens with zero attached hydrogens (tertiary/aromatic N) is 1. The van der Waals surface area contributed by atoms with E-state index in [2.05, 4.69) is 5.32 Å². The third-order valence-electron chi connectivity index (χ3n) is 3.65. The SMILES string of the molecule is CC(C)(C)OC(=O)N1C[C@H](NC(=O)c2ccc(Cl)s2)CC1COS(C)(=O)=O. The molecule has 0 aromatic carbocycles. The molecule has 8 nitrogen and oxygen atoms in total. The summed E-state index contributed by atoms with van der Waals surface area (Å²) in [5.41, 5.74) is -0.700. The average molecular weight is 439 g/mol. The Bertz CT molecular complexity index is 802. The molecule has 0 aliphatic carbocycles. The zero-order valence-corrected chi connectivity index (χ0v) is 17.9. The van der Waals surface area contributed by atoms with Gasteiger partial charge in [0.15, 0.2) is 0 Å². The predicted molar refractivity (Wildman–Crippen MR) is 103 cm³/mol. The van der Waals surface area contributed by atoms with Crippen molar-refractivity contribution < 1.29 is 26.9 Å². The largest absolute Gasteiger partial charge is 0.444 e. The molecule has 0 radical (unpaired) electrons. The highest BCUT2D eigenvalue weighted by Gasteiger charge is 2.39. The number of nitrogens with one attached hydrogen (secondary N) is 1. The summed E-state index contributed by atoms with van der Waals surface area (Å²) in [5.74, 6) is -0.300. The van der Waals surface area contributed by atoms with Crippen molar-refractivity contribution in [3.63, 3.8) is 0 Å². The van der Waals surface area contributed by atoms with E-state index >= 15 is 0 Å². The molecule has 1 aliphatic heterocycles. The number of rotatable bonds is 5. The number of likely N-dealkylation sites (tertiary alicyclic amines) is 1. The third-order valence-corrected chi connectivity index (χ3v) is 5.44. The van der Waals surface area contributed by atoms with Gasteiger partial charge in [-0.05, 0) is 39.3 Å². The minimum Gasteiger partial charge on any atom is -0.444 e. The summed E-state index contributed by atoms with van der Waals surface area (Å²) in [7, 11) is -3.66. The lowest BCUT2D eigenvalue weighted by molar-refractivity contribution is 0.0186. The Labute approximate surface area is 167 Å². The summed E-state index contributed by atoms with van der Waals surface area (Å²) in [6.45, 7) is 5.21. The molecular weight excluding hydrogens is 416 g/mol. The van der Waals surface area contributed by atoms with E-state index in [1.165, 1.54) is 4.90 Å². The van der Waals surface area contributed by atoms with E-state index in [4.69, 9.17) is 20.5 Å². The molecule has 0 saturated carbocycles.